The summed E-state index contributed by atoms with van der Waals surface area (Å²) in [5.74, 6) is 0. The van der Waals surface area contributed by atoms with Crippen molar-refractivity contribution in [3.63, 3.8) is 0 Å². The third-order valence-electron chi connectivity index (χ3n) is 3.50. The predicted molar refractivity (Wildman–Crippen MR) is 92.0 cm³/mol. The molecule has 0 saturated heterocycles. The molecule has 1 aromatic rings. The van der Waals surface area contributed by atoms with E-state index in [-0.39, 0.29) is 11.7 Å². The van der Waals surface area contributed by atoms with E-state index in [4.69, 9.17) is 5.14 Å². The van der Waals surface area contributed by atoms with Crippen LogP contribution in [0.4, 0.5) is 5.69 Å². The van der Waals surface area contributed by atoms with Gasteiger partial charge in [0.1, 0.15) is 0 Å². The van der Waals surface area contributed by atoms with Crippen molar-refractivity contribution in [2.75, 3.05) is 17.8 Å². The highest BCUT2D eigenvalue weighted by molar-refractivity contribution is 7.92. The van der Waals surface area contributed by atoms with E-state index >= 15 is 0 Å². The molecule has 0 bridgehead atoms. The van der Waals surface area contributed by atoms with Gasteiger partial charge in [0, 0.05) is 18.6 Å². The molecular formula is C13H22N2O6S3. The first-order valence-electron chi connectivity index (χ1n) is 7.09. The molecule has 0 radical (unpaired) electrons. The quantitative estimate of drug-likeness (QED) is 0.690. The molecule has 138 valence electrons. The monoisotopic (exact) mass is 398 g/mol. The van der Waals surface area contributed by atoms with Gasteiger partial charge in [-0.05, 0) is 25.0 Å². The smallest absolute Gasteiger partial charge is 0.238 e. The van der Waals surface area contributed by atoms with Crippen molar-refractivity contribution < 1.29 is 25.3 Å². The molecule has 1 aromatic carbocycles. The van der Waals surface area contributed by atoms with Gasteiger partial charge >= 0.3 is 0 Å². The minimum absolute atomic E-state index is 0.124. The van der Waals surface area contributed by atoms with E-state index in [2.05, 4.69) is 5.32 Å². The average molecular weight is 399 g/mol. The second-order valence-corrected chi connectivity index (χ2v) is 11.1. The Bertz CT molecular complexity index is 877. The lowest BCUT2D eigenvalue weighted by Crippen LogP contribution is -2.22. The summed E-state index contributed by atoms with van der Waals surface area (Å²) in [6.07, 6.45) is 3.00. The Balaban J connectivity index is 3.95. The summed E-state index contributed by atoms with van der Waals surface area (Å²) in [6, 6.07) is 1.58. The predicted octanol–water partition coefficient (Wildman–Crippen LogP) is 0.741. The molecule has 0 amide bonds. The Morgan fingerprint density at radius 1 is 0.917 bits per heavy atom. The van der Waals surface area contributed by atoms with E-state index in [1.165, 1.54) is 0 Å². The van der Waals surface area contributed by atoms with Gasteiger partial charge in [0.2, 0.25) is 10.0 Å². The number of primary sulfonamides is 1. The van der Waals surface area contributed by atoms with Crippen LogP contribution in [0.2, 0.25) is 0 Å². The number of hydrogen-bond donors (Lipinski definition) is 2. The summed E-state index contributed by atoms with van der Waals surface area (Å²) in [4.78, 5) is -1.40. The van der Waals surface area contributed by atoms with Gasteiger partial charge in [-0.3, -0.25) is 0 Å². The molecule has 11 heteroatoms. The molecular weight excluding hydrogens is 376 g/mol. The van der Waals surface area contributed by atoms with Gasteiger partial charge in [-0.25, -0.2) is 30.4 Å². The molecule has 8 nitrogen and oxygen atoms in total. The minimum atomic E-state index is -4.28. The number of benzene rings is 1. The lowest BCUT2D eigenvalue weighted by atomic mass is 10.1. The van der Waals surface area contributed by atoms with Crippen LogP contribution in [-0.4, -0.2) is 43.8 Å². The van der Waals surface area contributed by atoms with Crippen LogP contribution in [0.25, 0.3) is 0 Å². The SMILES string of the molecule is CCC(CC)Nc1c(S(C)(=O)=O)cc(S(N)(=O)=O)cc1S(C)(=O)=O. The van der Waals surface area contributed by atoms with Crippen LogP contribution in [0, 0.1) is 0 Å². The zero-order valence-electron chi connectivity index (χ0n) is 13.9. The van der Waals surface area contributed by atoms with Crippen LogP contribution < -0.4 is 10.5 Å². The molecule has 0 atom stereocenters. The van der Waals surface area contributed by atoms with Crippen molar-refractivity contribution in [2.24, 2.45) is 5.14 Å². The van der Waals surface area contributed by atoms with E-state index in [1.54, 1.807) is 0 Å². The molecule has 0 aliphatic heterocycles. The van der Waals surface area contributed by atoms with Crippen LogP contribution in [-0.2, 0) is 29.7 Å². The first-order chi connectivity index (χ1) is 10.7. The topological polar surface area (TPSA) is 140 Å². The maximum atomic E-state index is 12.1. The first-order valence-corrected chi connectivity index (χ1v) is 12.4. The molecule has 0 heterocycles. The van der Waals surface area contributed by atoms with Crippen molar-refractivity contribution in [2.45, 2.75) is 47.4 Å². The first kappa shape index (κ1) is 20.9. The van der Waals surface area contributed by atoms with Gasteiger partial charge in [0.25, 0.3) is 0 Å². The molecule has 0 aromatic heterocycles. The highest BCUT2D eigenvalue weighted by Gasteiger charge is 2.27. The van der Waals surface area contributed by atoms with Crippen LogP contribution in [0.5, 0.6) is 0 Å². The molecule has 0 unspecified atom stereocenters. The van der Waals surface area contributed by atoms with Crippen molar-refractivity contribution in [3.05, 3.63) is 12.1 Å². The second kappa shape index (κ2) is 6.98. The summed E-state index contributed by atoms with van der Waals surface area (Å²) < 4.78 is 71.6. The summed E-state index contributed by atoms with van der Waals surface area (Å²) in [7, 11) is -12.1. The lowest BCUT2D eigenvalue weighted by Gasteiger charge is -2.21. The van der Waals surface area contributed by atoms with Gasteiger partial charge in [0.05, 0.1) is 20.4 Å². The Hall–Kier alpha value is -1.17. The van der Waals surface area contributed by atoms with E-state index < -0.39 is 44.4 Å². The van der Waals surface area contributed by atoms with Crippen molar-refractivity contribution in [1.29, 1.82) is 0 Å². The fourth-order valence-electron chi connectivity index (χ4n) is 2.15. The van der Waals surface area contributed by atoms with E-state index in [9.17, 15) is 25.3 Å². The van der Waals surface area contributed by atoms with Crippen LogP contribution in [0.3, 0.4) is 0 Å². The fraction of sp³-hybridized carbons (Fsp3) is 0.538. The molecule has 0 aliphatic rings. The maximum Gasteiger partial charge on any atom is 0.238 e. The number of nitrogens with one attached hydrogen (secondary N) is 1. The number of anilines is 1. The van der Waals surface area contributed by atoms with Crippen LogP contribution >= 0.6 is 0 Å². The maximum absolute atomic E-state index is 12.1. The molecule has 0 aliphatic carbocycles. The average Bonchev–Trinajstić information content (AvgIpc) is 2.40. The van der Waals surface area contributed by atoms with Gasteiger partial charge < -0.3 is 5.32 Å². The Labute approximate surface area is 143 Å². The summed E-state index contributed by atoms with van der Waals surface area (Å²) in [6.45, 7) is 3.72. The summed E-state index contributed by atoms with van der Waals surface area (Å²) in [5, 5.41) is 7.96. The molecule has 0 spiro atoms. The largest absolute Gasteiger partial charge is 0.380 e. The highest BCUT2D eigenvalue weighted by atomic mass is 32.2. The Morgan fingerprint density at radius 3 is 1.54 bits per heavy atom. The van der Waals surface area contributed by atoms with Gasteiger partial charge in [-0.2, -0.15) is 0 Å². The van der Waals surface area contributed by atoms with Gasteiger partial charge in [-0.15, -0.1) is 0 Å². The van der Waals surface area contributed by atoms with Crippen molar-refractivity contribution in [1.82, 2.24) is 0 Å². The minimum Gasteiger partial charge on any atom is -0.380 e. The molecule has 1 rings (SSSR count). The zero-order chi connectivity index (χ0) is 18.9. The van der Waals surface area contributed by atoms with E-state index in [0.717, 1.165) is 24.6 Å². The third kappa shape index (κ3) is 4.91. The van der Waals surface area contributed by atoms with Gasteiger partial charge in [-0.1, -0.05) is 13.8 Å². The van der Waals surface area contributed by atoms with Gasteiger partial charge in [0.15, 0.2) is 19.7 Å². The van der Waals surface area contributed by atoms with Crippen molar-refractivity contribution >= 4 is 35.4 Å². The Kier molecular flexibility index (Phi) is 6.07. The number of nitrogens with two attached hydrogens (primary N) is 1. The highest BCUT2D eigenvalue weighted by Crippen LogP contribution is 2.33. The summed E-state index contributed by atoms with van der Waals surface area (Å²) >= 11 is 0. The number of rotatable bonds is 7. The van der Waals surface area contributed by atoms with E-state index in [1.807, 2.05) is 13.8 Å². The second-order valence-electron chi connectivity index (χ2n) is 5.54. The normalized spacial score (nSPS) is 13.2. The lowest BCUT2D eigenvalue weighted by molar-refractivity contribution is 0.595. The van der Waals surface area contributed by atoms with E-state index in [0.29, 0.717) is 12.8 Å². The molecule has 0 saturated carbocycles. The van der Waals surface area contributed by atoms with Crippen molar-refractivity contribution in [3.8, 4) is 0 Å². The number of sulfonamides is 1. The van der Waals surface area contributed by atoms with Crippen LogP contribution in [0.15, 0.2) is 26.8 Å². The molecule has 24 heavy (non-hydrogen) atoms. The number of sulfone groups is 2. The molecule has 3 N–H and O–H groups in total. The number of hydrogen-bond acceptors (Lipinski definition) is 7. The fourth-order valence-corrected chi connectivity index (χ4v) is 4.69. The summed E-state index contributed by atoms with van der Waals surface area (Å²) in [5.41, 5.74) is -0.124. The Morgan fingerprint density at radius 2 is 1.29 bits per heavy atom. The molecule has 0 fully saturated rings. The standard InChI is InChI=1S/C13H22N2O6S3/c1-5-9(6-2)15-13-11(22(3,16)17)7-10(24(14,20)21)8-12(13)23(4,18)19/h7-9,15H,5-6H2,1-4H3,(H2,14,20,21). The zero-order valence-corrected chi connectivity index (χ0v) is 16.3. The van der Waals surface area contributed by atoms with Crippen LogP contribution in [0.1, 0.15) is 26.7 Å². The third-order valence-corrected chi connectivity index (χ3v) is 6.64.